The number of nitrogens with zero attached hydrogens (tertiary/aromatic N) is 3. The van der Waals surface area contributed by atoms with Gasteiger partial charge in [0.15, 0.2) is 23.0 Å². The zero-order valence-electron chi connectivity index (χ0n) is 22.1. The van der Waals surface area contributed by atoms with Crippen molar-refractivity contribution in [1.82, 2.24) is 9.99 Å². The van der Waals surface area contributed by atoms with Gasteiger partial charge in [0.25, 0.3) is 5.91 Å². The molecule has 0 bridgehead atoms. The first-order valence-electron chi connectivity index (χ1n) is 12.5. The van der Waals surface area contributed by atoms with Crippen LogP contribution in [0.4, 0.5) is 10.1 Å². The number of nitrogens with one attached hydrogen (secondary N) is 2. The van der Waals surface area contributed by atoms with E-state index in [0.717, 1.165) is 18.9 Å². The fourth-order valence-corrected chi connectivity index (χ4v) is 4.22. The number of aromatic hydroxyl groups is 2. The van der Waals surface area contributed by atoms with Gasteiger partial charge < -0.3 is 24.3 Å². The van der Waals surface area contributed by atoms with Crippen molar-refractivity contribution in [2.45, 2.75) is 18.9 Å². The van der Waals surface area contributed by atoms with Crippen LogP contribution in [-0.4, -0.2) is 47.3 Å². The van der Waals surface area contributed by atoms with Gasteiger partial charge in [-0.2, -0.15) is 10.2 Å². The van der Waals surface area contributed by atoms with Crippen molar-refractivity contribution in [3.63, 3.8) is 0 Å². The molecule has 0 unspecified atom stereocenters. The summed E-state index contributed by atoms with van der Waals surface area (Å²) < 4.78 is 27.0. The molecule has 0 radical (unpaired) electrons. The zero-order valence-corrected chi connectivity index (χ0v) is 22.1. The van der Waals surface area contributed by atoms with Crippen LogP contribution in [0.3, 0.4) is 0 Å². The van der Waals surface area contributed by atoms with Gasteiger partial charge in [-0.05, 0) is 72.5 Å². The summed E-state index contributed by atoms with van der Waals surface area (Å²) in [6, 6.07) is 11.8. The predicted molar refractivity (Wildman–Crippen MR) is 152 cm³/mol. The van der Waals surface area contributed by atoms with Gasteiger partial charge in [0.2, 0.25) is 5.43 Å². The lowest BCUT2D eigenvalue weighted by atomic mass is 10.1. The van der Waals surface area contributed by atoms with Crippen LogP contribution in [0.15, 0.2) is 69.7 Å². The number of anilines is 1. The Morgan fingerprint density at radius 2 is 1.59 bits per heavy atom. The largest absolute Gasteiger partial charge is 0.504 e. The van der Waals surface area contributed by atoms with Gasteiger partial charge >= 0.3 is 0 Å². The van der Waals surface area contributed by atoms with Crippen LogP contribution in [0.25, 0.3) is 10.9 Å². The molecule has 4 N–H and O–H groups in total. The van der Waals surface area contributed by atoms with E-state index in [1.54, 1.807) is 22.8 Å². The second-order valence-corrected chi connectivity index (χ2v) is 9.29. The Morgan fingerprint density at radius 3 is 2.17 bits per heavy atom. The number of carbonyl (C=O) groups is 1. The van der Waals surface area contributed by atoms with E-state index in [4.69, 9.17) is 9.47 Å². The molecule has 1 aliphatic carbocycles. The minimum atomic E-state index is -0.746. The Bertz CT molecular complexity index is 1760. The fraction of sp³-hybridized carbons (Fsp3) is 0.172. The highest BCUT2D eigenvalue weighted by atomic mass is 19.1. The number of pyridine rings is 1. The molecule has 0 saturated heterocycles. The fourth-order valence-electron chi connectivity index (χ4n) is 4.22. The number of phenolic OH excluding ortho intramolecular Hbond substituents is 2. The predicted octanol–water partition coefficient (Wildman–Crippen LogP) is 4.11. The Kier molecular flexibility index (Phi) is 7.55. The molecule has 1 aromatic heterocycles. The number of ether oxygens (including phenoxy) is 2. The summed E-state index contributed by atoms with van der Waals surface area (Å²) in [5.41, 5.74) is 5.83. The summed E-state index contributed by atoms with van der Waals surface area (Å²) in [6.45, 7) is 0. The first-order valence-corrected chi connectivity index (χ1v) is 12.5. The molecular weight excluding hydrogens is 533 g/mol. The normalized spacial score (nSPS) is 13.1. The number of hydrazone groups is 2. The minimum absolute atomic E-state index is 0.0194. The van der Waals surface area contributed by atoms with Crippen molar-refractivity contribution in [1.29, 1.82) is 0 Å². The summed E-state index contributed by atoms with van der Waals surface area (Å²) in [5.74, 6) is -1.02. The van der Waals surface area contributed by atoms with Crippen molar-refractivity contribution >= 4 is 34.9 Å². The summed E-state index contributed by atoms with van der Waals surface area (Å²) in [4.78, 5) is 26.2. The van der Waals surface area contributed by atoms with E-state index in [-0.39, 0.29) is 45.7 Å². The molecule has 1 heterocycles. The van der Waals surface area contributed by atoms with E-state index in [1.807, 2.05) is 0 Å². The number of carbonyl (C=O) groups excluding carboxylic acids is 1. The van der Waals surface area contributed by atoms with Crippen LogP contribution < -0.4 is 25.8 Å². The standard InChI is InChI=1S/C29H26FN5O6/c1-40-26-9-16(3-7-24(26)36)13-31-33-22-12-23-19(11-21(22)30)28(38)20(15-35(23)18-5-6-18)29(39)34-32-14-17-4-8-25(37)27(10-17)41-2/h3-4,7-15,18,33,36-37H,5-6H2,1-2H3,(H,34,39)/b31-13+,32-14+. The number of aromatic nitrogens is 1. The summed E-state index contributed by atoms with van der Waals surface area (Å²) in [7, 11) is 2.84. The number of fused-ring (bicyclic) bond motifs is 1. The van der Waals surface area contributed by atoms with Crippen molar-refractivity contribution in [3.8, 4) is 23.0 Å². The van der Waals surface area contributed by atoms with Crippen LogP contribution in [-0.2, 0) is 0 Å². The third kappa shape index (κ3) is 5.81. The van der Waals surface area contributed by atoms with E-state index in [0.29, 0.717) is 16.6 Å². The quantitative estimate of drug-likeness (QED) is 0.178. The Hall–Kier alpha value is -5.39. The summed E-state index contributed by atoms with van der Waals surface area (Å²) in [6.07, 6.45) is 5.93. The van der Waals surface area contributed by atoms with Crippen molar-refractivity contribution in [3.05, 3.63) is 87.5 Å². The number of hydrogen-bond donors (Lipinski definition) is 4. The topological polar surface area (TPSA) is 147 Å². The first kappa shape index (κ1) is 27.2. The van der Waals surface area contributed by atoms with Crippen LogP contribution in [0.2, 0.25) is 0 Å². The molecule has 0 aliphatic heterocycles. The molecule has 0 atom stereocenters. The third-order valence-corrected chi connectivity index (χ3v) is 6.49. The maximum atomic E-state index is 15.1. The van der Waals surface area contributed by atoms with E-state index in [1.165, 1.54) is 57.1 Å². The summed E-state index contributed by atoms with van der Waals surface area (Å²) >= 11 is 0. The van der Waals surface area contributed by atoms with Crippen molar-refractivity contribution < 1.29 is 28.9 Å². The van der Waals surface area contributed by atoms with E-state index in [2.05, 4.69) is 21.1 Å². The minimum Gasteiger partial charge on any atom is -0.504 e. The van der Waals surface area contributed by atoms with Gasteiger partial charge in [-0.15, -0.1) is 0 Å². The first-order chi connectivity index (χ1) is 19.8. The third-order valence-electron chi connectivity index (χ3n) is 6.49. The van der Waals surface area contributed by atoms with E-state index in [9.17, 15) is 19.8 Å². The van der Waals surface area contributed by atoms with Crippen LogP contribution in [0.1, 0.15) is 40.4 Å². The molecule has 41 heavy (non-hydrogen) atoms. The van der Waals surface area contributed by atoms with E-state index >= 15 is 4.39 Å². The lowest BCUT2D eigenvalue weighted by Gasteiger charge is -2.14. The molecule has 11 nitrogen and oxygen atoms in total. The molecule has 1 amide bonds. The monoisotopic (exact) mass is 559 g/mol. The number of amides is 1. The highest BCUT2D eigenvalue weighted by Crippen LogP contribution is 2.38. The van der Waals surface area contributed by atoms with Crippen molar-refractivity contribution in [2.75, 3.05) is 19.6 Å². The SMILES string of the molecule is COc1cc(/C=N/NC(=O)c2cn(C3CC3)c3cc(N/N=C/c4ccc(O)c(OC)c4)c(F)cc3c2=O)ccc1O. The van der Waals surface area contributed by atoms with Gasteiger partial charge in [-0.3, -0.25) is 15.0 Å². The van der Waals surface area contributed by atoms with Gasteiger partial charge in [0, 0.05) is 17.6 Å². The second-order valence-electron chi connectivity index (χ2n) is 9.29. The molecule has 3 aromatic carbocycles. The Morgan fingerprint density at radius 1 is 0.976 bits per heavy atom. The average molecular weight is 560 g/mol. The molecule has 0 spiro atoms. The molecule has 1 saturated carbocycles. The molecule has 1 fully saturated rings. The molecule has 1 aliphatic rings. The number of rotatable bonds is 9. The Balaban J connectivity index is 1.40. The second kappa shape index (κ2) is 11.4. The van der Waals surface area contributed by atoms with Gasteiger partial charge in [0.1, 0.15) is 11.4 Å². The lowest BCUT2D eigenvalue weighted by molar-refractivity contribution is 0.0953. The maximum absolute atomic E-state index is 15.1. The maximum Gasteiger partial charge on any atom is 0.276 e. The van der Waals surface area contributed by atoms with Gasteiger partial charge in [-0.1, -0.05) is 0 Å². The molecule has 210 valence electrons. The number of benzene rings is 3. The highest BCUT2D eigenvalue weighted by Gasteiger charge is 2.27. The van der Waals surface area contributed by atoms with Crippen LogP contribution in [0.5, 0.6) is 23.0 Å². The lowest BCUT2D eigenvalue weighted by Crippen LogP contribution is -2.27. The smallest absolute Gasteiger partial charge is 0.276 e. The average Bonchev–Trinajstić information content (AvgIpc) is 3.81. The van der Waals surface area contributed by atoms with Crippen LogP contribution in [0, 0.1) is 5.82 Å². The number of phenols is 2. The van der Waals surface area contributed by atoms with Gasteiger partial charge in [-0.25, -0.2) is 9.82 Å². The molecule has 5 rings (SSSR count). The zero-order chi connectivity index (χ0) is 29.1. The molecular formula is C29H26FN5O6. The highest BCUT2D eigenvalue weighted by molar-refractivity contribution is 5.98. The number of methoxy groups -OCH3 is 2. The van der Waals surface area contributed by atoms with Crippen molar-refractivity contribution in [2.24, 2.45) is 10.2 Å². The molecule has 12 heteroatoms. The number of hydrogen-bond acceptors (Lipinski definition) is 9. The molecule has 4 aromatic rings. The summed E-state index contributed by atoms with van der Waals surface area (Å²) in [5, 5.41) is 27.5. The van der Waals surface area contributed by atoms with E-state index < -0.39 is 17.2 Å². The van der Waals surface area contributed by atoms with Crippen LogP contribution >= 0.6 is 0 Å². The number of halogens is 1. The van der Waals surface area contributed by atoms with Gasteiger partial charge in [0.05, 0.1) is 37.9 Å². The Labute approximate surface area is 233 Å².